The Hall–Kier alpha value is -0.520. The van der Waals surface area contributed by atoms with Gasteiger partial charge in [0.2, 0.25) is 0 Å². The topological polar surface area (TPSA) is 38.9 Å². The second-order valence-electron chi connectivity index (χ2n) is 2.73. The van der Waals surface area contributed by atoms with E-state index in [1.807, 2.05) is 6.08 Å². The summed E-state index contributed by atoms with van der Waals surface area (Å²) >= 11 is -1.85. The van der Waals surface area contributed by atoms with E-state index in [-0.39, 0.29) is 0 Å². The molecule has 11 heavy (non-hydrogen) atoms. The van der Waals surface area contributed by atoms with Crippen molar-refractivity contribution in [2.45, 2.75) is 0 Å². The van der Waals surface area contributed by atoms with E-state index in [1.165, 1.54) is 0 Å². The summed E-state index contributed by atoms with van der Waals surface area (Å²) in [4.78, 5) is 4.53. The fourth-order valence-electron chi connectivity index (χ4n) is 0.991. The predicted molar refractivity (Wildman–Crippen MR) is 54.0 cm³/mol. The molecule has 0 saturated carbocycles. The molecule has 0 unspecified atom stereocenters. The summed E-state index contributed by atoms with van der Waals surface area (Å²) in [5.74, 6) is 0. The molecule has 0 aliphatic carbocycles. The SMILES string of the molecule is CI1(C)=CC=Cc2nonc21. The van der Waals surface area contributed by atoms with Gasteiger partial charge >= 0.3 is 68.3 Å². The number of hydrogen-bond donors (Lipinski definition) is 0. The van der Waals surface area contributed by atoms with Crippen molar-refractivity contribution in [1.82, 2.24) is 10.3 Å². The van der Waals surface area contributed by atoms with Crippen LogP contribution < -0.4 is 0 Å². The van der Waals surface area contributed by atoms with Gasteiger partial charge in [-0.25, -0.2) is 0 Å². The predicted octanol–water partition coefficient (Wildman–Crippen LogP) is 1.37. The Kier molecular flexibility index (Phi) is 1.45. The average Bonchev–Trinajstić information content (AvgIpc) is 2.34. The second kappa shape index (κ2) is 2.23. The molecular formula is C7H9IN2O. The number of halogens is 1. The molecule has 1 aliphatic rings. The van der Waals surface area contributed by atoms with E-state index in [4.69, 9.17) is 0 Å². The Balaban J connectivity index is 2.74. The van der Waals surface area contributed by atoms with Crippen LogP contribution in [-0.4, -0.2) is 24.2 Å². The van der Waals surface area contributed by atoms with Gasteiger partial charge in [-0.1, -0.05) is 0 Å². The quantitative estimate of drug-likeness (QED) is 0.524. The molecule has 0 fully saturated rings. The summed E-state index contributed by atoms with van der Waals surface area (Å²) < 4.78 is 8.04. The van der Waals surface area contributed by atoms with Gasteiger partial charge in [0.15, 0.2) is 0 Å². The molecule has 1 aromatic heterocycles. The minimum absolute atomic E-state index is 0.925. The monoisotopic (exact) mass is 264 g/mol. The fraction of sp³-hybridized carbons (Fsp3) is 0.286. The summed E-state index contributed by atoms with van der Waals surface area (Å²) in [5.41, 5.74) is 0.925. The van der Waals surface area contributed by atoms with Crippen LogP contribution >= 0.6 is 18.0 Å². The third kappa shape index (κ3) is 1.05. The first-order valence-corrected chi connectivity index (χ1v) is 9.82. The number of aromatic nitrogens is 2. The maximum atomic E-state index is 4.68. The summed E-state index contributed by atoms with van der Waals surface area (Å²) in [6, 6.07) is 0. The molecule has 4 heteroatoms. The van der Waals surface area contributed by atoms with Crippen LogP contribution in [-0.2, 0) is 0 Å². The molecule has 0 saturated heterocycles. The van der Waals surface area contributed by atoms with Gasteiger partial charge in [-0.2, -0.15) is 0 Å². The molecule has 1 aliphatic heterocycles. The average molecular weight is 264 g/mol. The molecule has 0 spiro atoms. The van der Waals surface area contributed by atoms with Crippen LogP contribution in [0.1, 0.15) is 5.69 Å². The normalized spacial score (nSPS) is 22.0. The third-order valence-corrected chi connectivity index (χ3v) is 7.17. The van der Waals surface area contributed by atoms with Gasteiger partial charge in [0.1, 0.15) is 0 Å². The Morgan fingerprint density at radius 3 is 2.91 bits per heavy atom. The molecule has 0 atom stereocenters. The molecule has 0 bridgehead atoms. The first kappa shape index (κ1) is 7.15. The van der Waals surface area contributed by atoms with Crippen LogP contribution in [0.2, 0.25) is 0 Å². The summed E-state index contributed by atoms with van der Waals surface area (Å²) in [7, 11) is 0. The van der Waals surface area contributed by atoms with Gasteiger partial charge < -0.3 is 0 Å². The summed E-state index contributed by atoms with van der Waals surface area (Å²) in [5, 5.41) is 7.73. The van der Waals surface area contributed by atoms with Crippen molar-refractivity contribution in [3.05, 3.63) is 15.5 Å². The zero-order valence-corrected chi connectivity index (χ0v) is 8.57. The second-order valence-corrected chi connectivity index (χ2v) is 11.9. The van der Waals surface area contributed by atoms with E-state index in [1.54, 1.807) is 0 Å². The molecule has 2 heterocycles. The Morgan fingerprint density at radius 1 is 1.36 bits per heavy atom. The molecule has 0 aromatic carbocycles. The molecule has 2 rings (SSSR count). The minimum atomic E-state index is -1.85. The molecule has 60 valence electrons. The van der Waals surface area contributed by atoms with Gasteiger partial charge in [0.25, 0.3) is 0 Å². The Labute approximate surface area is 68.4 Å². The number of nitrogens with zero attached hydrogens (tertiary/aromatic N) is 2. The van der Waals surface area contributed by atoms with E-state index in [2.05, 4.69) is 34.9 Å². The van der Waals surface area contributed by atoms with Gasteiger partial charge in [-0.15, -0.1) is 0 Å². The summed E-state index contributed by atoms with van der Waals surface area (Å²) in [6.07, 6.45) is 4.00. The van der Waals surface area contributed by atoms with Crippen molar-refractivity contribution in [1.29, 1.82) is 0 Å². The van der Waals surface area contributed by atoms with Crippen molar-refractivity contribution in [3.63, 3.8) is 0 Å². The van der Waals surface area contributed by atoms with Crippen molar-refractivity contribution in [2.24, 2.45) is 0 Å². The van der Waals surface area contributed by atoms with Gasteiger partial charge in [0.05, 0.1) is 0 Å². The van der Waals surface area contributed by atoms with Crippen LogP contribution in [0.15, 0.2) is 10.7 Å². The number of allylic oxidation sites excluding steroid dienone is 1. The van der Waals surface area contributed by atoms with E-state index < -0.39 is 18.0 Å². The van der Waals surface area contributed by atoms with Gasteiger partial charge in [-0.3, -0.25) is 0 Å². The molecule has 0 amide bonds. The maximum absolute atomic E-state index is 4.68. The molecule has 3 nitrogen and oxygen atoms in total. The third-order valence-electron chi connectivity index (χ3n) is 1.57. The first-order chi connectivity index (χ1) is 5.20. The van der Waals surface area contributed by atoms with Gasteiger partial charge in [0, 0.05) is 0 Å². The molecule has 0 radical (unpaired) electrons. The Bertz CT molecular complexity index is 358. The van der Waals surface area contributed by atoms with Crippen molar-refractivity contribution in [3.8, 4) is 0 Å². The van der Waals surface area contributed by atoms with Crippen molar-refractivity contribution in [2.75, 3.05) is 9.86 Å². The number of alkyl halides is 2. The van der Waals surface area contributed by atoms with Crippen LogP contribution in [0.25, 0.3) is 6.08 Å². The number of hydrogen-bond acceptors (Lipinski definition) is 3. The van der Waals surface area contributed by atoms with Crippen LogP contribution in [0, 0.1) is 3.70 Å². The standard InChI is InChI=1S/C7H9IN2O/c1-8(2)5-3-4-6-7(8)10-11-9-6/h3-5H,1-2H3. The van der Waals surface area contributed by atoms with Gasteiger partial charge in [-0.05, 0) is 0 Å². The number of fused-ring (bicyclic) bond motifs is 1. The summed E-state index contributed by atoms with van der Waals surface area (Å²) in [6.45, 7) is 0. The van der Waals surface area contributed by atoms with Crippen LogP contribution in [0.5, 0.6) is 0 Å². The van der Waals surface area contributed by atoms with Crippen molar-refractivity contribution >= 4 is 28.0 Å². The molecular weight excluding hydrogens is 255 g/mol. The van der Waals surface area contributed by atoms with Crippen LogP contribution in [0.4, 0.5) is 0 Å². The first-order valence-electron chi connectivity index (χ1n) is 3.18. The molecule has 0 N–H and O–H groups in total. The number of rotatable bonds is 0. The van der Waals surface area contributed by atoms with E-state index in [9.17, 15) is 0 Å². The zero-order valence-electron chi connectivity index (χ0n) is 6.41. The van der Waals surface area contributed by atoms with Crippen molar-refractivity contribution < 1.29 is 4.63 Å². The van der Waals surface area contributed by atoms with E-state index in [0.717, 1.165) is 9.39 Å². The zero-order chi connectivity index (χ0) is 7.90. The fourth-order valence-corrected chi connectivity index (χ4v) is 4.88. The van der Waals surface area contributed by atoms with E-state index >= 15 is 0 Å². The molecule has 1 aromatic rings. The Morgan fingerprint density at radius 2 is 2.18 bits per heavy atom. The van der Waals surface area contributed by atoms with E-state index in [0.29, 0.717) is 0 Å². The van der Waals surface area contributed by atoms with Crippen LogP contribution in [0.3, 0.4) is 0 Å².